The number of nitrogens with zero attached hydrogens (tertiary/aromatic N) is 2. The highest BCUT2D eigenvalue weighted by atomic mass is 127. The Balaban J connectivity index is 0.00000364. The molecule has 148 valence electrons. The SMILES string of the molecule is CCNC(=O)c1ccc(CN=C(NCC)NCCc2csc(C)n2)cc1.I. The molecular weight excluding hydrogens is 473 g/mol. The minimum Gasteiger partial charge on any atom is -0.357 e. The summed E-state index contributed by atoms with van der Waals surface area (Å²) in [5.74, 6) is 0.738. The van der Waals surface area contributed by atoms with E-state index in [1.807, 2.05) is 45.0 Å². The average Bonchev–Trinajstić information content (AvgIpc) is 3.05. The molecule has 3 N–H and O–H groups in total. The van der Waals surface area contributed by atoms with Crippen molar-refractivity contribution in [1.29, 1.82) is 0 Å². The molecule has 2 rings (SSSR count). The van der Waals surface area contributed by atoms with E-state index in [1.165, 1.54) is 0 Å². The summed E-state index contributed by atoms with van der Waals surface area (Å²) >= 11 is 1.67. The van der Waals surface area contributed by atoms with Gasteiger partial charge in [0.25, 0.3) is 5.91 Å². The Morgan fingerprint density at radius 3 is 2.41 bits per heavy atom. The number of thiazole rings is 1. The normalized spacial score (nSPS) is 10.9. The molecule has 2 aromatic rings. The van der Waals surface area contributed by atoms with Gasteiger partial charge in [0, 0.05) is 37.0 Å². The standard InChI is InChI=1S/C19H27N5OS.HI/c1-4-20-18(25)16-8-6-15(7-9-16)12-23-19(21-5-2)22-11-10-17-13-26-14(3)24-17;/h6-9,13H,4-5,10-12H2,1-3H3,(H,20,25)(H2,21,22,23);1H. The predicted molar refractivity (Wildman–Crippen MR) is 123 cm³/mol. The molecule has 0 bridgehead atoms. The van der Waals surface area contributed by atoms with Crippen molar-refractivity contribution >= 4 is 47.2 Å². The fraction of sp³-hybridized carbons (Fsp3) is 0.421. The van der Waals surface area contributed by atoms with Crippen molar-refractivity contribution in [3.05, 3.63) is 51.5 Å². The van der Waals surface area contributed by atoms with Crippen LogP contribution in [0.25, 0.3) is 0 Å². The Bertz CT molecular complexity index is 730. The van der Waals surface area contributed by atoms with Gasteiger partial charge in [-0.15, -0.1) is 35.3 Å². The number of halogens is 1. The van der Waals surface area contributed by atoms with Crippen LogP contribution in [0.5, 0.6) is 0 Å². The van der Waals surface area contributed by atoms with Crippen LogP contribution in [-0.2, 0) is 13.0 Å². The summed E-state index contributed by atoms with van der Waals surface area (Å²) in [6, 6.07) is 7.55. The number of aromatic nitrogens is 1. The summed E-state index contributed by atoms with van der Waals surface area (Å²) < 4.78 is 0. The molecule has 0 saturated carbocycles. The average molecular weight is 501 g/mol. The highest BCUT2D eigenvalue weighted by Crippen LogP contribution is 2.08. The maximum absolute atomic E-state index is 11.8. The van der Waals surface area contributed by atoms with Crippen LogP contribution in [0.15, 0.2) is 34.6 Å². The highest BCUT2D eigenvalue weighted by molar-refractivity contribution is 14.0. The van der Waals surface area contributed by atoms with Crippen LogP contribution in [0.1, 0.15) is 40.5 Å². The van der Waals surface area contributed by atoms with Gasteiger partial charge >= 0.3 is 0 Å². The number of carbonyl (C=O) groups is 1. The van der Waals surface area contributed by atoms with Gasteiger partial charge in [-0.2, -0.15) is 0 Å². The van der Waals surface area contributed by atoms with Gasteiger partial charge in [-0.3, -0.25) is 4.79 Å². The summed E-state index contributed by atoms with van der Waals surface area (Å²) in [5, 5.41) is 12.6. The molecular formula is C19H28IN5OS. The number of benzene rings is 1. The largest absolute Gasteiger partial charge is 0.357 e. The van der Waals surface area contributed by atoms with Crippen LogP contribution in [0, 0.1) is 6.92 Å². The molecule has 1 amide bonds. The molecule has 27 heavy (non-hydrogen) atoms. The van der Waals surface area contributed by atoms with Crippen LogP contribution in [0.3, 0.4) is 0 Å². The first-order valence-corrected chi connectivity index (χ1v) is 9.80. The lowest BCUT2D eigenvalue weighted by atomic mass is 10.1. The molecule has 1 aromatic heterocycles. The molecule has 1 heterocycles. The van der Waals surface area contributed by atoms with Crippen LogP contribution in [0.2, 0.25) is 0 Å². The second-order valence-corrected chi connectivity index (χ2v) is 6.85. The first-order valence-electron chi connectivity index (χ1n) is 8.92. The maximum Gasteiger partial charge on any atom is 0.251 e. The molecule has 1 aromatic carbocycles. The zero-order valence-electron chi connectivity index (χ0n) is 16.0. The number of hydrogen-bond donors (Lipinski definition) is 3. The third-order valence-corrected chi connectivity index (χ3v) is 4.48. The molecule has 8 heteroatoms. The second kappa shape index (κ2) is 12.7. The molecule has 0 aliphatic carbocycles. The lowest BCUT2D eigenvalue weighted by Gasteiger charge is -2.11. The molecule has 6 nitrogen and oxygen atoms in total. The third kappa shape index (κ3) is 8.25. The Labute approximate surface area is 182 Å². The number of nitrogens with one attached hydrogen (secondary N) is 3. The first kappa shape index (κ1) is 23.4. The fourth-order valence-corrected chi connectivity index (χ4v) is 3.02. The van der Waals surface area contributed by atoms with Crippen molar-refractivity contribution in [3.63, 3.8) is 0 Å². The molecule has 0 aliphatic rings. The van der Waals surface area contributed by atoms with E-state index in [9.17, 15) is 4.79 Å². The minimum atomic E-state index is -0.0465. The van der Waals surface area contributed by atoms with Crippen molar-refractivity contribution in [3.8, 4) is 0 Å². The van der Waals surface area contributed by atoms with E-state index < -0.39 is 0 Å². The van der Waals surface area contributed by atoms with Gasteiger partial charge in [0.05, 0.1) is 17.2 Å². The van der Waals surface area contributed by atoms with Crippen LogP contribution in [-0.4, -0.2) is 36.5 Å². The molecule has 0 atom stereocenters. The summed E-state index contributed by atoms with van der Waals surface area (Å²) in [6.45, 7) is 8.74. The predicted octanol–water partition coefficient (Wildman–Crippen LogP) is 3.12. The van der Waals surface area contributed by atoms with E-state index >= 15 is 0 Å². The number of aliphatic imine (C=N–C) groups is 1. The van der Waals surface area contributed by atoms with Gasteiger partial charge in [-0.25, -0.2) is 9.98 Å². The van der Waals surface area contributed by atoms with E-state index in [-0.39, 0.29) is 29.9 Å². The zero-order valence-corrected chi connectivity index (χ0v) is 19.2. The number of guanidine groups is 1. The Morgan fingerprint density at radius 1 is 1.11 bits per heavy atom. The van der Waals surface area contributed by atoms with Crippen molar-refractivity contribution in [2.45, 2.75) is 33.7 Å². The fourth-order valence-electron chi connectivity index (χ4n) is 2.37. The number of rotatable bonds is 8. The topological polar surface area (TPSA) is 78.4 Å². The molecule has 0 spiro atoms. The number of carbonyl (C=O) groups excluding carboxylic acids is 1. The van der Waals surface area contributed by atoms with Gasteiger partial charge in [0.1, 0.15) is 0 Å². The third-order valence-electron chi connectivity index (χ3n) is 3.66. The van der Waals surface area contributed by atoms with E-state index in [0.717, 1.165) is 41.7 Å². The highest BCUT2D eigenvalue weighted by Gasteiger charge is 2.04. The summed E-state index contributed by atoms with van der Waals surface area (Å²) in [7, 11) is 0. The van der Waals surface area contributed by atoms with Crippen LogP contribution in [0.4, 0.5) is 0 Å². The lowest BCUT2D eigenvalue weighted by Crippen LogP contribution is -2.38. The van der Waals surface area contributed by atoms with Crippen LogP contribution < -0.4 is 16.0 Å². The van der Waals surface area contributed by atoms with Crippen molar-refractivity contribution in [1.82, 2.24) is 20.9 Å². The second-order valence-electron chi connectivity index (χ2n) is 5.79. The smallest absolute Gasteiger partial charge is 0.251 e. The molecule has 0 saturated heterocycles. The van der Waals surface area contributed by atoms with E-state index in [1.54, 1.807) is 11.3 Å². The summed E-state index contributed by atoms with van der Waals surface area (Å²) in [4.78, 5) is 20.9. The summed E-state index contributed by atoms with van der Waals surface area (Å²) in [6.07, 6.45) is 0.871. The van der Waals surface area contributed by atoms with Gasteiger partial charge in [-0.05, 0) is 38.5 Å². The van der Waals surface area contributed by atoms with Crippen molar-refractivity contribution in [2.24, 2.45) is 4.99 Å². The molecule has 0 aliphatic heterocycles. The van der Waals surface area contributed by atoms with E-state index in [2.05, 4.69) is 31.3 Å². The zero-order chi connectivity index (χ0) is 18.8. The van der Waals surface area contributed by atoms with Crippen molar-refractivity contribution < 1.29 is 4.79 Å². The van der Waals surface area contributed by atoms with Crippen molar-refractivity contribution in [2.75, 3.05) is 19.6 Å². The van der Waals surface area contributed by atoms with Crippen LogP contribution >= 0.6 is 35.3 Å². The number of hydrogen-bond acceptors (Lipinski definition) is 4. The Kier molecular flexibility index (Phi) is 11.0. The number of aryl methyl sites for hydroxylation is 1. The van der Waals surface area contributed by atoms with Gasteiger partial charge in [0.2, 0.25) is 0 Å². The quantitative estimate of drug-likeness (QED) is 0.295. The Morgan fingerprint density at radius 2 is 1.81 bits per heavy atom. The Hall–Kier alpha value is -1.68. The van der Waals surface area contributed by atoms with Gasteiger partial charge in [-0.1, -0.05) is 12.1 Å². The first-order chi connectivity index (χ1) is 12.6. The van der Waals surface area contributed by atoms with E-state index in [0.29, 0.717) is 18.7 Å². The lowest BCUT2D eigenvalue weighted by molar-refractivity contribution is 0.0956. The molecule has 0 fully saturated rings. The molecule has 0 radical (unpaired) electrons. The molecule has 0 unspecified atom stereocenters. The minimum absolute atomic E-state index is 0. The monoisotopic (exact) mass is 501 g/mol. The number of amides is 1. The maximum atomic E-state index is 11.8. The van der Waals surface area contributed by atoms with Gasteiger partial charge in [0.15, 0.2) is 5.96 Å². The van der Waals surface area contributed by atoms with E-state index in [4.69, 9.17) is 0 Å². The van der Waals surface area contributed by atoms with Gasteiger partial charge < -0.3 is 16.0 Å². The summed E-state index contributed by atoms with van der Waals surface area (Å²) in [5.41, 5.74) is 2.84.